The molecule has 2 atom stereocenters. The molecule has 0 unspecified atom stereocenters. The predicted octanol–water partition coefficient (Wildman–Crippen LogP) is 0.654. The number of methoxy groups -OCH3 is 1. The first-order valence-corrected chi connectivity index (χ1v) is 4.38. The van der Waals surface area contributed by atoms with E-state index in [1.54, 1.807) is 0 Å². The largest absolute Gasteiger partial charge is 0.466 e. The van der Waals surface area contributed by atoms with Crippen molar-refractivity contribution >= 4 is 5.97 Å². The summed E-state index contributed by atoms with van der Waals surface area (Å²) in [4.78, 5) is 11.3. The van der Waals surface area contributed by atoms with Gasteiger partial charge in [-0.1, -0.05) is 12.2 Å². The van der Waals surface area contributed by atoms with E-state index in [0.717, 1.165) is 12.0 Å². The van der Waals surface area contributed by atoms with Gasteiger partial charge in [-0.2, -0.15) is 0 Å². The topological polar surface area (TPSA) is 46.5 Å². The molecule has 0 aromatic rings. The number of carbonyl (C=O) groups excluding carboxylic acids is 1. The number of hydrogen-bond acceptors (Lipinski definition) is 3. The van der Waals surface area contributed by atoms with Crippen LogP contribution in [0.25, 0.3) is 0 Å². The van der Waals surface area contributed by atoms with Gasteiger partial charge in [-0.3, -0.25) is 0 Å². The van der Waals surface area contributed by atoms with Crippen molar-refractivity contribution in [1.29, 1.82) is 0 Å². The van der Waals surface area contributed by atoms with Crippen LogP contribution in [0.5, 0.6) is 0 Å². The Labute approximate surface area is 76.7 Å². The summed E-state index contributed by atoms with van der Waals surface area (Å²) < 4.78 is 4.68. The molecule has 0 heterocycles. The molecule has 0 spiro atoms. The quantitative estimate of drug-likeness (QED) is 0.501. The molecule has 3 nitrogen and oxygen atoms in total. The molecule has 0 aliphatic heterocycles. The SMILES string of the molecule is COC(=O)C1=C(CO)[C@H]2C=C[C@H]1C2. The average Bonchev–Trinajstić information content (AvgIpc) is 2.74. The van der Waals surface area contributed by atoms with E-state index in [1.165, 1.54) is 7.11 Å². The Kier molecular flexibility index (Phi) is 1.96. The van der Waals surface area contributed by atoms with E-state index in [9.17, 15) is 4.79 Å². The molecule has 0 amide bonds. The number of carbonyl (C=O) groups is 1. The maximum Gasteiger partial charge on any atom is 0.334 e. The summed E-state index contributed by atoms with van der Waals surface area (Å²) in [7, 11) is 1.38. The van der Waals surface area contributed by atoms with Gasteiger partial charge in [-0.15, -0.1) is 0 Å². The number of hydrogen-bond donors (Lipinski definition) is 1. The van der Waals surface area contributed by atoms with Gasteiger partial charge in [0, 0.05) is 17.4 Å². The van der Waals surface area contributed by atoms with Gasteiger partial charge < -0.3 is 9.84 Å². The van der Waals surface area contributed by atoms with Crippen LogP contribution in [0.1, 0.15) is 6.42 Å². The van der Waals surface area contributed by atoms with E-state index in [1.807, 2.05) is 6.08 Å². The van der Waals surface area contributed by atoms with E-state index in [2.05, 4.69) is 10.8 Å². The summed E-state index contributed by atoms with van der Waals surface area (Å²) in [6.45, 7) is -0.0318. The van der Waals surface area contributed by atoms with Crippen molar-refractivity contribution in [3.05, 3.63) is 23.3 Å². The third-order valence-corrected chi connectivity index (χ3v) is 2.82. The van der Waals surface area contributed by atoms with Gasteiger partial charge in [-0.25, -0.2) is 4.79 Å². The standard InChI is InChI=1S/C10H12O3/c1-13-10(12)9-7-3-2-6(4-7)8(9)5-11/h2-3,6-7,11H,4-5H2,1H3/t6-,7-/m0/s1. The molecule has 3 heteroatoms. The molecule has 0 aromatic carbocycles. The zero-order valence-electron chi connectivity index (χ0n) is 7.49. The molecule has 0 aromatic heterocycles. The van der Waals surface area contributed by atoms with E-state index in [0.29, 0.717) is 5.57 Å². The van der Waals surface area contributed by atoms with Gasteiger partial charge in [-0.05, 0) is 12.0 Å². The highest BCUT2D eigenvalue weighted by molar-refractivity contribution is 5.91. The molecule has 13 heavy (non-hydrogen) atoms. The molecule has 2 aliphatic rings. The molecule has 2 rings (SSSR count). The molecular weight excluding hydrogens is 168 g/mol. The summed E-state index contributed by atoms with van der Waals surface area (Å²) in [5, 5.41) is 9.10. The minimum Gasteiger partial charge on any atom is -0.466 e. The highest BCUT2D eigenvalue weighted by Gasteiger charge is 2.38. The van der Waals surface area contributed by atoms with Crippen LogP contribution >= 0.6 is 0 Å². The average molecular weight is 180 g/mol. The van der Waals surface area contributed by atoms with E-state index < -0.39 is 0 Å². The maximum atomic E-state index is 11.3. The van der Waals surface area contributed by atoms with Crippen LogP contribution in [0.3, 0.4) is 0 Å². The van der Waals surface area contributed by atoms with Crippen LogP contribution in [0.2, 0.25) is 0 Å². The molecule has 0 radical (unpaired) electrons. The first-order chi connectivity index (χ1) is 6.27. The second-order valence-corrected chi connectivity index (χ2v) is 3.42. The fourth-order valence-corrected chi connectivity index (χ4v) is 2.20. The Morgan fingerprint density at radius 3 is 2.92 bits per heavy atom. The lowest BCUT2D eigenvalue weighted by Gasteiger charge is -2.11. The van der Waals surface area contributed by atoms with Crippen LogP contribution in [-0.4, -0.2) is 24.8 Å². The highest BCUT2D eigenvalue weighted by Crippen LogP contribution is 2.43. The number of aliphatic hydroxyl groups is 1. The number of fused-ring (bicyclic) bond motifs is 2. The third-order valence-electron chi connectivity index (χ3n) is 2.82. The highest BCUT2D eigenvalue weighted by atomic mass is 16.5. The van der Waals surface area contributed by atoms with E-state index in [4.69, 9.17) is 5.11 Å². The number of ether oxygens (including phenoxy) is 1. The second kappa shape index (κ2) is 3.00. The van der Waals surface area contributed by atoms with Crippen molar-refractivity contribution in [2.75, 3.05) is 13.7 Å². The molecule has 0 fully saturated rings. The Morgan fingerprint density at radius 2 is 2.31 bits per heavy atom. The molecular formula is C10H12O3. The molecule has 2 aliphatic carbocycles. The zero-order valence-corrected chi connectivity index (χ0v) is 7.49. The maximum absolute atomic E-state index is 11.3. The number of aliphatic hydroxyl groups excluding tert-OH is 1. The van der Waals surface area contributed by atoms with Crippen LogP contribution < -0.4 is 0 Å². The van der Waals surface area contributed by atoms with Gasteiger partial charge in [0.25, 0.3) is 0 Å². The monoisotopic (exact) mass is 180 g/mol. The van der Waals surface area contributed by atoms with Crippen LogP contribution in [0, 0.1) is 11.8 Å². The Balaban J connectivity index is 2.33. The van der Waals surface area contributed by atoms with Gasteiger partial charge >= 0.3 is 5.97 Å². The van der Waals surface area contributed by atoms with Crippen molar-refractivity contribution in [1.82, 2.24) is 0 Å². The molecule has 0 saturated carbocycles. The van der Waals surface area contributed by atoms with Crippen LogP contribution in [0.15, 0.2) is 23.3 Å². The van der Waals surface area contributed by atoms with Gasteiger partial charge in [0.05, 0.1) is 13.7 Å². The summed E-state index contributed by atoms with van der Waals surface area (Å²) in [5.74, 6) is 0.157. The van der Waals surface area contributed by atoms with Crippen LogP contribution in [-0.2, 0) is 9.53 Å². The van der Waals surface area contributed by atoms with Crippen molar-refractivity contribution in [2.24, 2.45) is 11.8 Å². The predicted molar refractivity (Wildman–Crippen MR) is 46.9 cm³/mol. The zero-order chi connectivity index (χ0) is 9.42. The number of rotatable bonds is 2. The second-order valence-electron chi connectivity index (χ2n) is 3.42. The van der Waals surface area contributed by atoms with E-state index in [-0.39, 0.29) is 24.4 Å². The van der Waals surface area contributed by atoms with Gasteiger partial charge in [0.1, 0.15) is 0 Å². The van der Waals surface area contributed by atoms with Crippen molar-refractivity contribution in [3.63, 3.8) is 0 Å². The summed E-state index contributed by atoms with van der Waals surface area (Å²) in [6.07, 6.45) is 5.01. The molecule has 70 valence electrons. The lowest BCUT2D eigenvalue weighted by Crippen LogP contribution is -2.13. The molecule has 0 saturated heterocycles. The first kappa shape index (κ1) is 8.51. The van der Waals surface area contributed by atoms with Crippen LogP contribution in [0.4, 0.5) is 0 Å². The molecule has 1 N–H and O–H groups in total. The summed E-state index contributed by atoms with van der Waals surface area (Å²) in [5.41, 5.74) is 1.52. The smallest absolute Gasteiger partial charge is 0.334 e. The normalized spacial score (nSPS) is 30.0. The van der Waals surface area contributed by atoms with Crippen molar-refractivity contribution in [2.45, 2.75) is 6.42 Å². The molecule has 2 bridgehead atoms. The minimum atomic E-state index is -0.291. The van der Waals surface area contributed by atoms with Crippen molar-refractivity contribution < 1.29 is 14.6 Å². The van der Waals surface area contributed by atoms with Crippen molar-refractivity contribution in [3.8, 4) is 0 Å². The van der Waals surface area contributed by atoms with Gasteiger partial charge in [0.2, 0.25) is 0 Å². The lowest BCUT2D eigenvalue weighted by atomic mass is 9.98. The van der Waals surface area contributed by atoms with Gasteiger partial charge in [0.15, 0.2) is 0 Å². The number of allylic oxidation sites excluding steroid dienone is 2. The third kappa shape index (κ3) is 1.11. The minimum absolute atomic E-state index is 0.0318. The Morgan fingerprint density at radius 1 is 1.62 bits per heavy atom. The fraction of sp³-hybridized carbons (Fsp3) is 0.500. The fourth-order valence-electron chi connectivity index (χ4n) is 2.20. The Hall–Kier alpha value is -1.09. The lowest BCUT2D eigenvalue weighted by molar-refractivity contribution is -0.136. The van der Waals surface area contributed by atoms with E-state index >= 15 is 0 Å². The number of esters is 1. The summed E-state index contributed by atoms with van der Waals surface area (Å²) >= 11 is 0. The first-order valence-electron chi connectivity index (χ1n) is 4.38. The summed E-state index contributed by atoms with van der Waals surface area (Å²) in [6, 6.07) is 0. The Bertz CT molecular complexity index is 301.